The largest absolute Gasteiger partial charge is 0.318 e. The van der Waals surface area contributed by atoms with Gasteiger partial charge in [-0.25, -0.2) is 0 Å². The molecular weight excluding hydrogens is 441 g/mol. The average molecular weight is 459 g/mol. The number of hydrogen-bond donors (Lipinski definition) is 1. The maximum Gasteiger partial charge on any atom is 0.126 e. The number of thioether (sulfide) groups is 1. The lowest BCUT2D eigenvalue weighted by Gasteiger charge is -2.12. The number of rotatable bonds is 3. The van der Waals surface area contributed by atoms with Crippen molar-refractivity contribution in [2.45, 2.75) is 19.2 Å². The maximum atomic E-state index is 4.55. The molecule has 2 heterocycles. The van der Waals surface area contributed by atoms with Crippen molar-refractivity contribution in [3.8, 4) is 5.69 Å². The van der Waals surface area contributed by atoms with Crippen LogP contribution in [0.1, 0.15) is 27.9 Å². The summed E-state index contributed by atoms with van der Waals surface area (Å²) in [6, 6.07) is 21.2. The van der Waals surface area contributed by atoms with Gasteiger partial charge in [-0.3, -0.25) is 5.43 Å². The van der Waals surface area contributed by atoms with Crippen molar-refractivity contribution in [2.24, 2.45) is 5.10 Å². The lowest BCUT2D eigenvalue weighted by atomic mass is 10.2. The maximum absolute atomic E-state index is 4.55. The van der Waals surface area contributed by atoms with Crippen molar-refractivity contribution in [1.82, 2.24) is 9.99 Å². The molecule has 1 N–H and O–H groups in total. The first-order valence-corrected chi connectivity index (χ1v) is 10.1. The van der Waals surface area contributed by atoms with E-state index < -0.39 is 0 Å². The minimum atomic E-state index is 0.152. The van der Waals surface area contributed by atoms with E-state index in [4.69, 9.17) is 0 Å². The standard InChI is InChI=1S/C20H18IN3S/c1-13-12-18(14(2)24(13)17-10-8-16(21)9-11-17)20-23-22-19(25-20)15-6-4-3-5-7-15/h3-12,20,23H,1-2H3/t20-/m0/s1. The molecule has 0 bridgehead atoms. The molecule has 0 fully saturated rings. The minimum absolute atomic E-state index is 0.152. The van der Waals surface area contributed by atoms with Crippen molar-refractivity contribution in [2.75, 3.05) is 0 Å². The van der Waals surface area contributed by atoms with Crippen LogP contribution in [0.5, 0.6) is 0 Å². The summed E-state index contributed by atoms with van der Waals surface area (Å²) in [7, 11) is 0. The van der Waals surface area contributed by atoms with Crippen LogP contribution in [0.25, 0.3) is 5.69 Å². The Morgan fingerprint density at radius 3 is 2.48 bits per heavy atom. The Bertz CT molecular complexity index is 930. The van der Waals surface area contributed by atoms with Gasteiger partial charge < -0.3 is 4.57 Å². The van der Waals surface area contributed by atoms with Gasteiger partial charge in [0.15, 0.2) is 0 Å². The van der Waals surface area contributed by atoms with Crippen molar-refractivity contribution in [3.63, 3.8) is 0 Å². The number of halogens is 1. The van der Waals surface area contributed by atoms with Crippen LogP contribution >= 0.6 is 34.4 Å². The van der Waals surface area contributed by atoms with Gasteiger partial charge in [0.1, 0.15) is 10.4 Å². The Kier molecular flexibility index (Phi) is 4.60. The molecule has 0 unspecified atom stereocenters. The Hall–Kier alpha value is -1.73. The number of aryl methyl sites for hydroxylation is 1. The molecule has 2 aromatic carbocycles. The molecule has 3 aromatic rings. The fourth-order valence-corrected chi connectivity index (χ4v) is 4.60. The van der Waals surface area contributed by atoms with E-state index in [0.29, 0.717) is 0 Å². The molecular formula is C20H18IN3S. The summed E-state index contributed by atoms with van der Waals surface area (Å²) in [5, 5.41) is 5.75. The van der Waals surface area contributed by atoms with Crippen molar-refractivity contribution in [1.29, 1.82) is 0 Å². The zero-order chi connectivity index (χ0) is 17.4. The average Bonchev–Trinajstić information content (AvgIpc) is 3.22. The molecule has 0 radical (unpaired) electrons. The molecule has 3 nitrogen and oxygen atoms in total. The van der Waals surface area contributed by atoms with Crippen LogP contribution in [-0.4, -0.2) is 9.61 Å². The molecule has 4 rings (SSSR count). The van der Waals surface area contributed by atoms with E-state index in [1.807, 2.05) is 18.2 Å². The smallest absolute Gasteiger partial charge is 0.126 e. The number of hydrogen-bond acceptors (Lipinski definition) is 3. The Morgan fingerprint density at radius 1 is 1.04 bits per heavy atom. The van der Waals surface area contributed by atoms with Gasteiger partial charge in [-0.05, 0) is 66.8 Å². The minimum Gasteiger partial charge on any atom is -0.318 e. The fourth-order valence-electron chi connectivity index (χ4n) is 3.17. The molecule has 0 aliphatic carbocycles. The van der Waals surface area contributed by atoms with Crippen LogP contribution in [0, 0.1) is 17.4 Å². The predicted octanol–water partition coefficient (Wildman–Crippen LogP) is 5.40. The van der Waals surface area contributed by atoms with E-state index in [0.717, 1.165) is 10.6 Å². The van der Waals surface area contributed by atoms with Crippen molar-refractivity contribution in [3.05, 3.63) is 86.7 Å². The van der Waals surface area contributed by atoms with Crippen LogP contribution in [0.4, 0.5) is 0 Å². The van der Waals surface area contributed by atoms with Gasteiger partial charge in [0, 0.05) is 31.8 Å². The molecule has 1 atom stereocenters. The van der Waals surface area contributed by atoms with Gasteiger partial charge in [-0.1, -0.05) is 42.1 Å². The fraction of sp³-hybridized carbons (Fsp3) is 0.150. The zero-order valence-electron chi connectivity index (χ0n) is 14.0. The number of benzene rings is 2. The lowest BCUT2D eigenvalue weighted by Crippen LogP contribution is -2.08. The van der Waals surface area contributed by atoms with Gasteiger partial charge in [0.05, 0.1) is 0 Å². The highest BCUT2D eigenvalue weighted by Crippen LogP contribution is 2.37. The molecule has 5 heteroatoms. The Labute approximate surface area is 165 Å². The summed E-state index contributed by atoms with van der Waals surface area (Å²) in [5.74, 6) is 0. The van der Waals surface area contributed by atoms with Crippen LogP contribution in [-0.2, 0) is 0 Å². The van der Waals surface area contributed by atoms with Crippen LogP contribution in [0.15, 0.2) is 65.8 Å². The highest BCUT2D eigenvalue weighted by Gasteiger charge is 2.26. The monoisotopic (exact) mass is 459 g/mol. The molecule has 1 aliphatic rings. The third kappa shape index (κ3) is 3.22. The second-order valence-corrected chi connectivity index (χ2v) is 8.39. The summed E-state index contributed by atoms with van der Waals surface area (Å²) in [6.45, 7) is 4.34. The summed E-state index contributed by atoms with van der Waals surface area (Å²) in [4.78, 5) is 0. The zero-order valence-corrected chi connectivity index (χ0v) is 17.0. The van der Waals surface area contributed by atoms with Gasteiger partial charge in [0.25, 0.3) is 0 Å². The lowest BCUT2D eigenvalue weighted by molar-refractivity contribution is 0.737. The van der Waals surface area contributed by atoms with Crippen molar-refractivity contribution >= 4 is 39.4 Å². The van der Waals surface area contributed by atoms with E-state index in [9.17, 15) is 0 Å². The molecule has 126 valence electrons. The summed E-state index contributed by atoms with van der Waals surface area (Å²) < 4.78 is 3.56. The molecule has 1 aromatic heterocycles. The Balaban J connectivity index is 1.63. The third-order valence-corrected chi connectivity index (χ3v) is 6.24. The molecule has 25 heavy (non-hydrogen) atoms. The van der Waals surface area contributed by atoms with Gasteiger partial charge >= 0.3 is 0 Å². The number of aromatic nitrogens is 1. The van der Waals surface area contributed by atoms with E-state index in [2.05, 4.69) is 94.0 Å². The van der Waals surface area contributed by atoms with E-state index >= 15 is 0 Å². The first-order valence-electron chi connectivity index (χ1n) is 8.13. The number of hydrazone groups is 1. The summed E-state index contributed by atoms with van der Waals surface area (Å²) in [5.41, 5.74) is 9.45. The normalized spacial score (nSPS) is 16.6. The van der Waals surface area contributed by atoms with E-state index in [1.54, 1.807) is 11.8 Å². The molecule has 1 aliphatic heterocycles. The summed E-state index contributed by atoms with van der Waals surface area (Å²) >= 11 is 4.11. The van der Waals surface area contributed by atoms with E-state index in [1.165, 1.54) is 26.2 Å². The van der Waals surface area contributed by atoms with Gasteiger partial charge in [-0.2, -0.15) is 5.10 Å². The first-order chi connectivity index (χ1) is 12.1. The SMILES string of the molecule is Cc1cc([C@H]2NN=C(c3ccccc3)S2)c(C)n1-c1ccc(I)cc1. The van der Waals surface area contributed by atoms with Crippen LogP contribution in [0.2, 0.25) is 0 Å². The topological polar surface area (TPSA) is 29.3 Å². The first kappa shape index (κ1) is 16.7. The van der Waals surface area contributed by atoms with Gasteiger partial charge in [-0.15, -0.1) is 0 Å². The van der Waals surface area contributed by atoms with Crippen molar-refractivity contribution < 1.29 is 0 Å². The van der Waals surface area contributed by atoms with Crippen LogP contribution < -0.4 is 5.43 Å². The quantitative estimate of drug-likeness (QED) is 0.532. The molecule has 0 saturated heterocycles. The second kappa shape index (κ2) is 6.88. The molecule has 0 spiro atoms. The van der Waals surface area contributed by atoms with Gasteiger partial charge in [0.2, 0.25) is 0 Å². The van der Waals surface area contributed by atoms with E-state index in [-0.39, 0.29) is 5.37 Å². The highest BCUT2D eigenvalue weighted by molar-refractivity contribution is 14.1. The Morgan fingerprint density at radius 2 is 1.76 bits per heavy atom. The molecule has 0 amide bonds. The summed E-state index contributed by atoms with van der Waals surface area (Å²) in [6.07, 6.45) is 0. The third-order valence-electron chi connectivity index (χ3n) is 4.37. The van der Waals surface area contributed by atoms with Crippen LogP contribution in [0.3, 0.4) is 0 Å². The second-order valence-electron chi connectivity index (χ2n) is 6.05. The highest BCUT2D eigenvalue weighted by atomic mass is 127. The predicted molar refractivity (Wildman–Crippen MR) is 114 cm³/mol. The number of nitrogens with one attached hydrogen (secondary N) is 1. The number of nitrogens with zero attached hydrogens (tertiary/aromatic N) is 2. The molecule has 0 saturated carbocycles.